The highest BCUT2D eigenvalue weighted by Crippen LogP contribution is 2.20. The van der Waals surface area contributed by atoms with E-state index in [0.29, 0.717) is 0 Å². The van der Waals surface area contributed by atoms with Crippen LogP contribution in [0.25, 0.3) is 22.4 Å². The average Bonchev–Trinajstić information content (AvgIpc) is 2.72. The summed E-state index contributed by atoms with van der Waals surface area (Å²) in [5.41, 5.74) is 4.45. The second kappa shape index (κ2) is 3.70. The van der Waals surface area contributed by atoms with Crippen molar-refractivity contribution in [1.29, 1.82) is 0 Å². The second-order valence-corrected chi connectivity index (χ2v) is 4.36. The third-order valence-corrected chi connectivity index (χ3v) is 2.89. The number of fused-ring (bicyclic) bond motifs is 1. The van der Waals surface area contributed by atoms with Crippen molar-refractivity contribution in [1.82, 2.24) is 9.97 Å². The molecule has 2 aromatic heterocycles. The number of benzene rings is 1. The zero-order chi connectivity index (χ0) is 11.8. The van der Waals surface area contributed by atoms with E-state index in [1.54, 1.807) is 0 Å². The van der Waals surface area contributed by atoms with Gasteiger partial charge in [0.2, 0.25) is 0 Å². The fourth-order valence-corrected chi connectivity index (χ4v) is 1.92. The number of hydrogen-bond acceptors (Lipinski definition) is 1. The molecular formula is C14H14N3+. The number of pyridine rings is 1. The Morgan fingerprint density at radius 1 is 1.12 bits per heavy atom. The molecule has 0 spiro atoms. The lowest BCUT2D eigenvalue weighted by atomic mass is 10.2. The molecule has 17 heavy (non-hydrogen) atoms. The Hall–Kier alpha value is -2.16. The van der Waals surface area contributed by atoms with E-state index in [0.717, 1.165) is 22.4 Å². The molecule has 3 heteroatoms. The van der Waals surface area contributed by atoms with Gasteiger partial charge in [0, 0.05) is 17.7 Å². The fourth-order valence-electron chi connectivity index (χ4n) is 1.92. The number of nitrogens with zero attached hydrogens (tertiary/aromatic N) is 2. The molecule has 2 heterocycles. The Morgan fingerprint density at radius 3 is 2.65 bits per heavy atom. The molecule has 1 N–H and O–H groups in total. The first-order valence-corrected chi connectivity index (χ1v) is 5.64. The maximum Gasteiger partial charge on any atom is 0.169 e. The van der Waals surface area contributed by atoms with E-state index in [9.17, 15) is 0 Å². The smallest absolute Gasteiger partial charge is 0.169 e. The minimum Gasteiger partial charge on any atom is -0.338 e. The van der Waals surface area contributed by atoms with Crippen LogP contribution >= 0.6 is 0 Å². The van der Waals surface area contributed by atoms with E-state index in [-0.39, 0.29) is 0 Å². The minimum atomic E-state index is 0.922. The fraction of sp³-hybridized carbons (Fsp3) is 0.143. The summed E-state index contributed by atoms with van der Waals surface area (Å²) in [6, 6.07) is 10.4. The van der Waals surface area contributed by atoms with Crippen LogP contribution in [0.1, 0.15) is 5.56 Å². The van der Waals surface area contributed by atoms with Gasteiger partial charge in [-0.25, -0.2) is 9.55 Å². The van der Waals surface area contributed by atoms with Gasteiger partial charge >= 0.3 is 0 Å². The molecule has 0 fully saturated rings. The van der Waals surface area contributed by atoms with Crippen molar-refractivity contribution in [3.05, 3.63) is 48.3 Å². The normalized spacial score (nSPS) is 10.9. The van der Waals surface area contributed by atoms with Crippen LogP contribution in [0.15, 0.2) is 42.7 Å². The predicted octanol–water partition coefficient (Wildman–Crippen LogP) is 2.36. The molecular weight excluding hydrogens is 210 g/mol. The van der Waals surface area contributed by atoms with Crippen LogP contribution < -0.4 is 4.57 Å². The molecule has 0 unspecified atom stereocenters. The first kappa shape index (κ1) is 10.0. The van der Waals surface area contributed by atoms with Gasteiger partial charge in [0.1, 0.15) is 12.9 Å². The van der Waals surface area contributed by atoms with Gasteiger partial charge in [-0.15, -0.1) is 0 Å². The zero-order valence-electron chi connectivity index (χ0n) is 9.94. The molecule has 0 atom stereocenters. The number of aryl methyl sites for hydroxylation is 2. The summed E-state index contributed by atoms with van der Waals surface area (Å²) in [6.45, 7) is 2.09. The predicted molar refractivity (Wildman–Crippen MR) is 67.4 cm³/mol. The van der Waals surface area contributed by atoms with E-state index in [1.807, 2.05) is 30.1 Å². The van der Waals surface area contributed by atoms with Gasteiger partial charge in [-0.05, 0) is 24.6 Å². The number of imidazole rings is 1. The topological polar surface area (TPSA) is 32.6 Å². The lowest BCUT2D eigenvalue weighted by Gasteiger charge is -1.93. The van der Waals surface area contributed by atoms with Crippen LogP contribution in [0.5, 0.6) is 0 Å². The van der Waals surface area contributed by atoms with Gasteiger partial charge in [-0.3, -0.25) is 0 Å². The summed E-state index contributed by atoms with van der Waals surface area (Å²) in [4.78, 5) is 7.94. The summed E-state index contributed by atoms with van der Waals surface area (Å²) in [5, 5.41) is 0. The molecule has 0 saturated heterocycles. The maximum atomic E-state index is 4.59. The van der Waals surface area contributed by atoms with Crippen LogP contribution in [0.3, 0.4) is 0 Å². The highest BCUT2D eigenvalue weighted by molar-refractivity contribution is 5.79. The highest BCUT2D eigenvalue weighted by Gasteiger charge is 2.06. The first-order valence-electron chi connectivity index (χ1n) is 5.64. The van der Waals surface area contributed by atoms with Crippen molar-refractivity contribution < 1.29 is 4.57 Å². The van der Waals surface area contributed by atoms with E-state index < -0.39 is 0 Å². The number of nitrogens with one attached hydrogen (secondary N) is 1. The lowest BCUT2D eigenvalue weighted by Crippen LogP contribution is -2.25. The largest absolute Gasteiger partial charge is 0.338 e. The Morgan fingerprint density at radius 2 is 1.88 bits per heavy atom. The molecule has 0 aliphatic rings. The van der Waals surface area contributed by atoms with Crippen molar-refractivity contribution in [3.63, 3.8) is 0 Å². The van der Waals surface area contributed by atoms with Crippen LogP contribution in [0.4, 0.5) is 0 Å². The third kappa shape index (κ3) is 1.80. The van der Waals surface area contributed by atoms with Gasteiger partial charge < -0.3 is 4.98 Å². The van der Waals surface area contributed by atoms with Crippen molar-refractivity contribution in [2.24, 2.45) is 7.05 Å². The average molecular weight is 224 g/mol. The Balaban J connectivity index is 2.14. The number of H-pyrrole nitrogens is 1. The Kier molecular flexibility index (Phi) is 2.18. The molecule has 3 nitrogen and oxygen atoms in total. The standard InChI is InChI=1S/C14H13N3/c1-10-3-4-12-13(9-10)16-14(15-12)11-5-7-17(2)8-6-11/h3-9H,1-2H3/p+1. The molecule has 0 saturated carbocycles. The van der Waals surface area contributed by atoms with Crippen LogP contribution in [-0.4, -0.2) is 9.97 Å². The van der Waals surface area contributed by atoms with Crippen molar-refractivity contribution >= 4 is 11.0 Å². The number of rotatable bonds is 1. The monoisotopic (exact) mass is 224 g/mol. The van der Waals surface area contributed by atoms with Crippen LogP contribution in [0.2, 0.25) is 0 Å². The van der Waals surface area contributed by atoms with E-state index >= 15 is 0 Å². The zero-order valence-corrected chi connectivity index (χ0v) is 9.94. The molecule has 0 radical (unpaired) electrons. The summed E-state index contributed by atoms with van der Waals surface area (Å²) in [6.07, 6.45) is 4.04. The van der Waals surface area contributed by atoms with Crippen molar-refractivity contribution in [2.45, 2.75) is 6.92 Å². The molecule has 0 bridgehead atoms. The Bertz CT molecular complexity index is 666. The van der Waals surface area contributed by atoms with Crippen LogP contribution in [-0.2, 0) is 7.05 Å². The SMILES string of the molecule is Cc1ccc2nc(-c3cc[n+](C)cc3)[nH]c2c1. The van der Waals surface area contributed by atoms with Gasteiger partial charge in [-0.1, -0.05) is 6.07 Å². The molecule has 3 rings (SSSR count). The molecule has 0 aliphatic carbocycles. The number of hydrogen-bond donors (Lipinski definition) is 1. The molecule has 0 aliphatic heterocycles. The quantitative estimate of drug-likeness (QED) is 0.632. The van der Waals surface area contributed by atoms with Gasteiger partial charge in [0.25, 0.3) is 0 Å². The number of aromatic amines is 1. The molecule has 3 aromatic rings. The molecule has 84 valence electrons. The van der Waals surface area contributed by atoms with Gasteiger partial charge in [0.05, 0.1) is 11.0 Å². The van der Waals surface area contributed by atoms with Crippen molar-refractivity contribution in [3.8, 4) is 11.4 Å². The van der Waals surface area contributed by atoms with Gasteiger partial charge in [-0.2, -0.15) is 0 Å². The number of aromatic nitrogens is 3. The van der Waals surface area contributed by atoms with Gasteiger partial charge in [0.15, 0.2) is 12.4 Å². The van der Waals surface area contributed by atoms with Crippen molar-refractivity contribution in [2.75, 3.05) is 0 Å². The molecule has 0 amide bonds. The summed E-state index contributed by atoms with van der Waals surface area (Å²) in [7, 11) is 2.01. The summed E-state index contributed by atoms with van der Waals surface area (Å²) in [5.74, 6) is 0.922. The van der Waals surface area contributed by atoms with E-state index in [4.69, 9.17) is 0 Å². The van der Waals surface area contributed by atoms with E-state index in [1.165, 1.54) is 5.56 Å². The maximum absolute atomic E-state index is 4.59. The van der Waals surface area contributed by atoms with Crippen LogP contribution in [0, 0.1) is 6.92 Å². The lowest BCUT2D eigenvalue weighted by molar-refractivity contribution is -0.671. The first-order chi connectivity index (χ1) is 8.22. The Labute approximate surface area is 99.8 Å². The summed E-state index contributed by atoms with van der Waals surface area (Å²) < 4.78 is 2.01. The minimum absolute atomic E-state index is 0.922. The molecule has 1 aromatic carbocycles. The van der Waals surface area contributed by atoms with E-state index in [2.05, 4.69) is 41.2 Å². The third-order valence-electron chi connectivity index (χ3n) is 2.89. The second-order valence-electron chi connectivity index (χ2n) is 4.36. The summed E-state index contributed by atoms with van der Waals surface area (Å²) >= 11 is 0. The highest BCUT2D eigenvalue weighted by atomic mass is 14.9.